The number of amides is 1. The number of carbonyl (C=O) groups is 1. The second-order valence-electron chi connectivity index (χ2n) is 5.85. The highest BCUT2D eigenvalue weighted by molar-refractivity contribution is 5.86. The Kier molecular flexibility index (Phi) is 7.85. The van der Waals surface area contributed by atoms with Gasteiger partial charge in [0.2, 0.25) is 5.91 Å². The second-order valence-corrected chi connectivity index (χ2v) is 5.85. The number of hydrogen-bond donors (Lipinski definition) is 2. The van der Waals surface area contributed by atoms with Gasteiger partial charge in [0.25, 0.3) is 0 Å². The molecular weight excluding hydrogens is 276 g/mol. The first-order valence-corrected chi connectivity index (χ1v) is 7.92. The predicted molar refractivity (Wildman–Crippen MR) is 83.3 cm³/mol. The monoisotopic (exact) mass is 304 g/mol. The fraction of sp³-hybridized carbons (Fsp3) is 0.933. The Bertz CT molecular complexity index is 288. The summed E-state index contributed by atoms with van der Waals surface area (Å²) in [6.45, 7) is 4.32. The van der Waals surface area contributed by atoms with Gasteiger partial charge in [-0.15, -0.1) is 12.4 Å². The maximum atomic E-state index is 12.2. The topological polar surface area (TPSA) is 50.4 Å². The maximum Gasteiger partial charge on any atom is 0.240 e. The highest BCUT2D eigenvalue weighted by Gasteiger charge is 2.38. The van der Waals surface area contributed by atoms with Crippen LogP contribution in [0.3, 0.4) is 0 Å². The average Bonchev–Trinajstić information content (AvgIpc) is 2.94. The van der Waals surface area contributed by atoms with Gasteiger partial charge >= 0.3 is 0 Å². The number of halogens is 1. The van der Waals surface area contributed by atoms with E-state index in [9.17, 15) is 4.79 Å². The van der Waals surface area contributed by atoms with E-state index in [1.54, 1.807) is 0 Å². The molecule has 1 unspecified atom stereocenters. The first kappa shape index (κ1) is 17.7. The average molecular weight is 305 g/mol. The predicted octanol–water partition coefficient (Wildman–Crippen LogP) is 2.41. The molecule has 1 heterocycles. The van der Waals surface area contributed by atoms with Crippen LogP contribution in [0.1, 0.15) is 58.3 Å². The van der Waals surface area contributed by atoms with Crippen LogP contribution >= 0.6 is 12.4 Å². The van der Waals surface area contributed by atoms with Crippen molar-refractivity contribution < 1.29 is 9.53 Å². The van der Waals surface area contributed by atoms with E-state index in [0.717, 1.165) is 25.8 Å². The molecule has 2 aliphatic rings. The number of nitrogens with one attached hydrogen (secondary N) is 2. The van der Waals surface area contributed by atoms with Crippen molar-refractivity contribution in [2.45, 2.75) is 69.9 Å². The van der Waals surface area contributed by atoms with Crippen LogP contribution in [0.5, 0.6) is 0 Å². The third kappa shape index (κ3) is 4.61. The molecule has 1 saturated carbocycles. The second kappa shape index (κ2) is 8.85. The summed E-state index contributed by atoms with van der Waals surface area (Å²) in [5.41, 5.74) is -0.315. The highest BCUT2D eigenvalue weighted by Crippen LogP contribution is 2.23. The molecular formula is C15H29ClN2O2. The van der Waals surface area contributed by atoms with Crippen LogP contribution in [-0.4, -0.2) is 37.2 Å². The third-order valence-electron chi connectivity index (χ3n) is 4.58. The minimum atomic E-state index is -0.315. The lowest BCUT2D eigenvalue weighted by atomic mass is 9.93. The van der Waals surface area contributed by atoms with E-state index in [1.165, 1.54) is 32.1 Å². The molecule has 4 nitrogen and oxygen atoms in total. The summed E-state index contributed by atoms with van der Waals surface area (Å²) in [6, 6.07) is 0. The van der Waals surface area contributed by atoms with E-state index in [2.05, 4.69) is 17.6 Å². The van der Waals surface area contributed by atoms with Crippen molar-refractivity contribution in [3.8, 4) is 0 Å². The first-order chi connectivity index (χ1) is 9.27. The van der Waals surface area contributed by atoms with E-state index < -0.39 is 0 Å². The molecule has 2 fully saturated rings. The van der Waals surface area contributed by atoms with Gasteiger partial charge in [0.05, 0.1) is 18.2 Å². The Hall–Kier alpha value is -0.320. The molecule has 2 rings (SSSR count). The van der Waals surface area contributed by atoms with E-state index in [-0.39, 0.29) is 23.9 Å². The van der Waals surface area contributed by atoms with E-state index in [1.807, 2.05) is 0 Å². The standard InChI is InChI=1S/C15H28N2O2.ClH/c1-2-15(9-6-10-17-15)14(18)16-11-12-19-13-7-4-3-5-8-13;/h13,17H,2-12H2,1H3,(H,16,18);1H. The smallest absolute Gasteiger partial charge is 0.240 e. The van der Waals surface area contributed by atoms with Crippen molar-refractivity contribution in [1.29, 1.82) is 0 Å². The van der Waals surface area contributed by atoms with Crippen LogP contribution in [0.15, 0.2) is 0 Å². The van der Waals surface area contributed by atoms with Gasteiger partial charge in [-0.25, -0.2) is 0 Å². The summed E-state index contributed by atoms with van der Waals surface area (Å²) in [4.78, 5) is 12.2. The van der Waals surface area contributed by atoms with Crippen LogP contribution in [0.4, 0.5) is 0 Å². The van der Waals surface area contributed by atoms with Gasteiger partial charge in [0.15, 0.2) is 0 Å². The number of carbonyl (C=O) groups excluding carboxylic acids is 1. The summed E-state index contributed by atoms with van der Waals surface area (Å²) < 4.78 is 5.83. The van der Waals surface area contributed by atoms with Crippen LogP contribution in [0.2, 0.25) is 0 Å². The largest absolute Gasteiger partial charge is 0.376 e. The van der Waals surface area contributed by atoms with Gasteiger partial charge in [0, 0.05) is 6.54 Å². The summed E-state index contributed by atoms with van der Waals surface area (Å²) in [5.74, 6) is 0.153. The van der Waals surface area contributed by atoms with E-state index in [0.29, 0.717) is 19.3 Å². The lowest BCUT2D eigenvalue weighted by Gasteiger charge is -2.27. The third-order valence-corrected chi connectivity index (χ3v) is 4.58. The van der Waals surface area contributed by atoms with Gasteiger partial charge in [0.1, 0.15) is 0 Å². The molecule has 2 N–H and O–H groups in total. The van der Waals surface area contributed by atoms with Gasteiger partial charge < -0.3 is 15.4 Å². The summed E-state index contributed by atoms with van der Waals surface area (Å²) in [6.07, 6.45) is 9.65. The lowest BCUT2D eigenvalue weighted by molar-refractivity contribution is -0.127. The van der Waals surface area contributed by atoms with Gasteiger partial charge in [-0.1, -0.05) is 26.2 Å². The summed E-state index contributed by atoms with van der Waals surface area (Å²) in [5, 5.41) is 6.39. The fourth-order valence-corrected chi connectivity index (χ4v) is 3.25. The van der Waals surface area contributed by atoms with Gasteiger partial charge in [-0.3, -0.25) is 4.79 Å². The minimum Gasteiger partial charge on any atom is -0.376 e. The molecule has 1 atom stereocenters. The first-order valence-electron chi connectivity index (χ1n) is 7.92. The highest BCUT2D eigenvalue weighted by atomic mass is 35.5. The Balaban J connectivity index is 0.00000200. The van der Waals surface area contributed by atoms with E-state index in [4.69, 9.17) is 4.74 Å². The van der Waals surface area contributed by atoms with Crippen molar-refractivity contribution in [2.24, 2.45) is 0 Å². The summed E-state index contributed by atoms with van der Waals surface area (Å²) in [7, 11) is 0. The molecule has 0 aromatic heterocycles. The molecule has 0 spiro atoms. The normalized spacial score (nSPS) is 27.1. The quantitative estimate of drug-likeness (QED) is 0.741. The van der Waals surface area contributed by atoms with Gasteiger partial charge in [-0.05, 0) is 38.6 Å². The van der Waals surface area contributed by atoms with Crippen LogP contribution < -0.4 is 10.6 Å². The molecule has 0 bridgehead atoms. The Morgan fingerprint density at radius 2 is 2.05 bits per heavy atom. The van der Waals surface area contributed by atoms with Crippen molar-refractivity contribution in [3.05, 3.63) is 0 Å². The van der Waals surface area contributed by atoms with Crippen LogP contribution in [0, 0.1) is 0 Å². The van der Waals surface area contributed by atoms with Crippen molar-refractivity contribution in [1.82, 2.24) is 10.6 Å². The number of ether oxygens (including phenoxy) is 1. The molecule has 20 heavy (non-hydrogen) atoms. The zero-order valence-corrected chi connectivity index (χ0v) is 13.4. The molecule has 1 aliphatic heterocycles. The van der Waals surface area contributed by atoms with Gasteiger partial charge in [-0.2, -0.15) is 0 Å². The zero-order chi connectivity index (χ0) is 13.6. The lowest BCUT2D eigenvalue weighted by Crippen LogP contribution is -2.53. The minimum absolute atomic E-state index is 0. The molecule has 0 aromatic rings. The Labute approximate surface area is 128 Å². The fourth-order valence-electron chi connectivity index (χ4n) is 3.25. The van der Waals surface area contributed by atoms with E-state index >= 15 is 0 Å². The van der Waals surface area contributed by atoms with Crippen molar-refractivity contribution >= 4 is 18.3 Å². The molecule has 0 radical (unpaired) electrons. The molecule has 0 aromatic carbocycles. The number of rotatable bonds is 6. The zero-order valence-electron chi connectivity index (χ0n) is 12.6. The number of hydrogen-bond acceptors (Lipinski definition) is 3. The van der Waals surface area contributed by atoms with Crippen LogP contribution in [-0.2, 0) is 9.53 Å². The molecule has 5 heteroatoms. The van der Waals surface area contributed by atoms with Crippen LogP contribution in [0.25, 0.3) is 0 Å². The van der Waals surface area contributed by atoms with Crippen molar-refractivity contribution in [2.75, 3.05) is 19.7 Å². The summed E-state index contributed by atoms with van der Waals surface area (Å²) >= 11 is 0. The van der Waals surface area contributed by atoms with Crippen molar-refractivity contribution in [3.63, 3.8) is 0 Å². The Morgan fingerprint density at radius 3 is 2.65 bits per heavy atom. The molecule has 118 valence electrons. The molecule has 1 aliphatic carbocycles. The Morgan fingerprint density at radius 1 is 1.30 bits per heavy atom. The molecule has 1 saturated heterocycles. The molecule has 1 amide bonds. The SMILES string of the molecule is CCC1(C(=O)NCCOC2CCCCC2)CCCN1.Cl. The maximum absolute atomic E-state index is 12.2.